The van der Waals surface area contributed by atoms with E-state index in [1.54, 1.807) is 24.3 Å². The molecule has 1 atom stereocenters. The van der Waals surface area contributed by atoms with Crippen molar-refractivity contribution in [3.63, 3.8) is 0 Å². The highest BCUT2D eigenvalue weighted by Gasteiger charge is 2.32. The van der Waals surface area contributed by atoms with E-state index in [0.717, 1.165) is 25.0 Å². The predicted octanol–water partition coefficient (Wildman–Crippen LogP) is 1.47. The summed E-state index contributed by atoms with van der Waals surface area (Å²) in [6.07, 6.45) is 9.00. The van der Waals surface area contributed by atoms with Gasteiger partial charge in [0.05, 0.1) is 29.5 Å². The number of likely N-dealkylation sites (N-methyl/N-ethyl adjacent to an activating group) is 1. The van der Waals surface area contributed by atoms with Gasteiger partial charge in [-0.1, -0.05) is 0 Å². The number of hydrogen-bond acceptors (Lipinski definition) is 9. The fourth-order valence-electron chi connectivity index (χ4n) is 3.99. The van der Waals surface area contributed by atoms with Crippen LogP contribution >= 0.6 is 0 Å². The molecule has 2 aromatic heterocycles. The minimum atomic E-state index is -0.515. The molecule has 2 fully saturated rings. The lowest BCUT2D eigenvalue weighted by Crippen LogP contribution is -2.41. The van der Waals surface area contributed by atoms with Crippen molar-refractivity contribution < 1.29 is 9.59 Å². The molecule has 35 heavy (non-hydrogen) atoms. The molecule has 1 aliphatic heterocycles. The lowest BCUT2D eigenvalue weighted by atomic mass is 10.1. The Morgan fingerprint density at radius 3 is 2.54 bits per heavy atom. The van der Waals surface area contributed by atoms with E-state index >= 15 is 0 Å². The summed E-state index contributed by atoms with van der Waals surface area (Å²) >= 11 is 0. The highest BCUT2D eigenvalue weighted by molar-refractivity contribution is 6.44. The summed E-state index contributed by atoms with van der Waals surface area (Å²) in [5, 5.41) is 17.2. The summed E-state index contributed by atoms with van der Waals surface area (Å²) in [6, 6.07) is 3.97. The van der Waals surface area contributed by atoms with Gasteiger partial charge in [0, 0.05) is 44.0 Å². The number of carbonyl (C=O) groups is 2. The van der Waals surface area contributed by atoms with Crippen LogP contribution in [0.2, 0.25) is 0 Å². The van der Waals surface area contributed by atoms with E-state index in [1.807, 2.05) is 26.2 Å². The van der Waals surface area contributed by atoms with E-state index in [-0.39, 0.29) is 23.1 Å². The molecule has 1 unspecified atom stereocenters. The second-order valence-electron chi connectivity index (χ2n) is 8.99. The van der Waals surface area contributed by atoms with Gasteiger partial charge in [-0.3, -0.25) is 15.0 Å². The van der Waals surface area contributed by atoms with Crippen molar-refractivity contribution in [2.75, 3.05) is 39.5 Å². The molecule has 1 saturated heterocycles. The molecule has 4 rings (SSSR count). The van der Waals surface area contributed by atoms with Gasteiger partial charge >= 0.3 is 0 Å². The van der Waals surface area contributed by atoms with E-state index < -0.39 is 11.8 Å². The summed E-state index contributed by atoms with van der Waals surface area (Å²) in [5.74, 6) is -0.586. The lowest BCUT2D eigenvalue weighted by molar-refractivity contribution is -0.123. The Kier molecular flexibility index (Phi) is 7.35. The molecule has 2 aliphatic rings. The lowest BCUT2D eigenvalue weighted by Gasteiger charge is -2.21. The molecular formula is C24H31N9O2. The highest BCUT2D eigenvalue weighted by atomic mass is 16.2. The van der Waals surface area contributed by atoms with Crippen molar-refractivity contribution in [3.8, 4) is 0 Å². The minimum Gasteiger partial charge on any atom is -0.392 e. The largest absolute Gasteiger partial charge is 0.392 e. The maximum absolute atomic E-state index is 13.4. The molecule has 2 aromatic rings. The molecule has 0 radical (unpaired) electrons. The third-order valence-corrected chi connectivity index (χ3v) is 6.17. The second kappa shape index (κ2) is 10.6. The monoisotopic (exact) mass is 477 g/mol. The smallest absolute Gasteiger partial charge is 0.276 e. The van der Waals surface area contributed by atoms with Crippen molar-refractivity contribution in [1.29, 1.82) is 5.41 Å². The van der Waals surface area contributed by atoms with E-state index in [0.29, 0.717) is 30.4 Å². The number of hydrogen-bond donors (Lipinski definition) is 4. The molecule has 1 saturated carbocycles. The van der Waals surface area contributed by atoms with Crippen LogP contribution in [0.3, 0.4) is 0 Å². The van der Waals surface area contributed by atoms with Crippen molar-refractivity contribution in [2.45, 2.75) is 31.2 Å². The number of carbonyl (C=O) groups excluding carboxylic acids is 2. The fraction of sp³-hybridized carbons (Fsp3) is 0.417. The first-order chi connectivity index (χ1) is 16.9. The third-order valence-electron chi connectivity index (χ3n) is 6.17. The Bertz CT molecular complexity index is 1130. The standard InChI is InChI=1S/C24H31N9O2/c1-26-12-20(21(25)24(35)33-9-8-17(13-33)32(2)3)31-23(34)22-19(29-16-10-27-14-28-11-16)7-6-18(30-22)15-4-5-15/h6-7,10-12,14-15,17,25-26,29H,4-5,8-9,13H2,1-3H3,(H,31,34)/b20-12+,25-21?. The second-order valence-corrected chi connectivity index (χ2v) is 8.99. The van der Waals surface area contributed by atoms with Crippen LogP contribution in [0.1, 0.15) is 41.4 Å². The number of aromatic nitrogens is 3. The molecule has 0 aromatic carbocycles. The average Bonchev–Trinajstić information content (AvgIpc) is 3.59. The molecular weight excluding hydrogens is 446 g/mol. The molecule has 1 aliphatic carbocycles. The van der Waals surface area contributed by atoms with Crippen LogP contribution in [0.4, 0.5) is 11.4 Å². The number of likely N-dealkylation sites (tertiary alicyclic amines) is 1. The van der Waals surface area contributed by atoms with Crippen LogP contribution in [0.15, 0.2) is 42.8 Å². The van der Waals surface area contributed by atoms with Gasteiger partial charge in [0.1, 0.15) is 12.0 Å². The predicted molar refractivity (Wildman–Crippen MR) is 133 cm³/mol. The highest BCUT2D eigenvalue weighted by Crippen LogP contribution is 2.39. The quantitative estimate of drug-likeness (QED) is 0.398. The summed E-state index contributed by atoms with van der Waals surface area (Å²) in [5.41, 5.74) is 1.92. The summed E-state index contributed by atoms with van der Waals surface area (Å²) in [6.45, 7) is 1.12. The first kappa shape index (κ1) is 24.3. The van der Waals surface area contributed by atoms with E-state index in [1.165, 1.54) is 12.5 Å². The average molecular weight is 478 g/mol. The number of pyridine rings is 1. The zero-order chi connectivity index (χ0) is 24.9. The van der Waals surface area contributed by atoms with E-state index in [9.17, 15) is 9.59 Å². The topological polar surface area (TPSA) is 139 Å². The van der Waals surface area contributed by atoms with E-state index in [4.69, 9.17) is 5.41 Å². The maximum Gasteiger partial charge on any atom is 0.276 e. The van der Waals surface area contributed by atoms with Gasteiger partial charge in [-0.25, -0.2) is 15.0 Å². The van der Waals surface area contributed by atoms with Crippen LogP contribution in [-0.2, 0) is 4.79 Å². The zero-order valence-electron chi connectivity index (χ0n) is 20.2. The van der Waals surface area contributed by atoms with Crippen LogP contribution in [0.25, 0.3) is 0 Å². The number of rotatable bonds is 9. The Hall–Kier alpha value is -3.86. The molecule has 2 amide bonds. The molecule has 11 nitrogen and oxygen atoms in total. The number of nitrogens with zero attached hydrogens (tertiary/aromatic N) is 5. The Morgan fingerprint density at radius 2 is 1.91 bits per heavy atom. The summed E-state index contributed by atoms with van der Waals surface area (Å²) < 4.78 is 0. The SMILES string of the molecule is CN/C=C(/NC(=O)c1nc(C2CC2)ccc1Nc1cncnc1)C(=N)C(=O)N1CCC(N(C)C)C1. The molecule has 3 heterocycles. The number of anilines is 2. The van der Waals surface area contributed by atoms with Crippen LogP contribution < -0.4 is 16.0 Å². The van der Waals surface area contributed by atoms with Crippen molar-refractivity contribution in [3.05, 3.63) is 54.1 Å². The van der Waals surface area contributed by atoms with Gasteiger partial charge in [0.25, 0.3) is 11.8 Å². The Balaban J connectivity index is 1.54. The van der Waals surface area contributed by atoms with Crippen molar-refractivity contribution >= 4 is 28.9 Å². The maximum atomic E-state index is 13.4. The summed E-state index contributed by atoms with van der Waals surface area (Å²) in [7, 11) is 5.61. The zero-order valence-corrected chi connectivity index (χ0v) is 20.2. The Labute approximate surface area is 204 Å². The molecule has 0 spiro atoms. The third kappa shape index (κ3) is 5.80. The van der Waals surface area contributed by atoms with Gasteiger partial charge in [0.15, 0.2) is 5.69 Å². The fourth-order valence-corrected chi connectivity index (χ4v) is 3.99. The van der Waals surface area contributed by atoms with Crippen LogP contribution in [0, 0.1) is 5.41 Å². The minimum absolute atomic E-state index is 0.0865. The van der Waals surface area contributed by atoms with Gasteiger partial charge < -0.3 is 25.8 Å². The first-order valence-corrected chi connectivity index (χ1v) is 11.6. The number of amides is 2. The normalized spacial score (nSPS) is 17.9. The van der Waals surface area contributed by atoms with Crippen molar-refractivity contribution in [2.24, 2.45) is 0 Å². The van der Waals surface area contributed by atoms with Gasteiger partial charge in [-0.15, -0.1) is 0 Å². The Morgan fingerprint density at radius 1 is 1.17 bits per heavy atom. The molecule has 4 N–H and O–H groups in total. The molecule has 0 bridgehead atoms. The van der Waals surface area contributed by atoms with Crippen molar-refractivity contribution in [1.82, 2.24) is 35.4 Å². The number of nitrogens with one attached hydrogen (secondary N) is 4. The van der Waals surface area contributed by atoms with Gasteiger partial charge in [0.2, 0.25) is 0 Å². The first-order valence-electron chi connectivity index (χ1n) is 11.6. The summed E-state index contributed by atoms with van der Waals surface area (Å²) in [4.78, 5) is 42.8. The van der Waals surface area contributed by atoms with E-state index in [2.05, 4.69) is 35.8 Å². The van der Waals surface area contributed by atoms with Gasteiger partial charge in [-0.2, -0.15) is 0 Å². The molecule has 11 heteroatoms. The van der Waals surface area contributed by atoms with Crippen LogP contribution in [0.5, 0.6) is 0 Å². The van der Waals surface area contributed by atoms with Gasteiger partial charge in [-0.05, 0) is 45.5 Å². The van der Waals surface area contributed by atoms with Crippen LogP contribution in [-0.4, -0.2) is 82.6 Å². The molecule has 184 valence electrons.